The van der Waals surface area contributed by atoms with E-state index >= 15 is 0 Å². The smallest absolute Gasteiger partial charge is 0.308 e. The van der Waals surface area contributed by atoms with E-state index in [2.05, 4.69) is 22.4 Å². The molecule has 1 heterocycles. The molecule has 0 aromatic carbocycles. The van der Waals surface area contributed by atoms with E-state index in [9.17, 15) is 9.90 Å². The van der Waals surface area contributed by atoms with Crippen molar-refractivity contribution in [2.75, 3.05) is 0 Å². The molecule has 0 amide bonds. The highest BCUT2D eigenvalue weighted by molar-refractivity contribution is 5.69. The van der Waals surface area contributed by atoms with Crippen LogP contribution in [0.25, 0.3) is 0 Å². The van der Waals surface area contributed by atoms with Gasteiger partial charge in [-0.1, -0.05) is 34.6 Å². The summed E-state index contributed by atoms with van der Waals surface area (Å²) < 4.78 is 1.64. The third-order valence-electron chi connectivity index (χ3n) is 3.21. The van der Waals surface area contributed by atoms with Crippen LogP contribution in [0.15, 0.2) is 0 Å². The van der Waals surface area contributed by atoms with Crippen molar-refractivity contribution < 1.29 is 9.90 Å². The molecule has 1 aromatic heterocycles. The molecule has 108 valence electrons. The number of hydrogen-bond acceptors (Lipinski definition) is 4. The quantitative estimate of drug-likeness (QED) is 0.856. The molecule has 6 heteroatoms. The van der Waals surface area contributed by atoms with Gasteiger partial charge in [0.2, 0.25) is 0 Å². The number of hydrogen-bond donors (Lipinski definition) is 1. The number of tetrazole rings is 1. The van der Waals surface area contributed by atoms with Crippen molar-refractivity contribution in [2.24, 2.45) is 11.3 Å². The minimum absolute atomic E-state index is 0.0341. The lowest BCUT2D eigenvalue weighted by Crippen LogP contribution is -2.27. The Morgan fingerprint density at radius 2 is 2.05 bits per heavy atom. The van der Waals surface area contributed by atoms with Crippen molar-refractivity contribution in [2.45, 2.75) is 59.9 Å². The monoisotopic (exact) mass is 268 g/mol. The summed E-state index contributed by atoms with van der Waals surface area (Å²) in [5, 5.41) is 20.9. The van der Waals surface area contributed by atoms with E-state index in [1.807, 2.05) is 27.7 Å². The van der Waals surface area contributed by atoms with Crippen molar-refractivity contribution in [3.8, 4) is 0 Å². The Balaban J connectivity index is 2.86. The van der Waals surface area contributed by atoms with Crippen LogP contribution in [0.1, 0.15) is 59.2 Å². The molecule has 6 nitrogen and oxygen atoms in total. The molecule has 0 aliphatic carbocycles. The van der Waals surface area contributed by atoms with E-state index in [0.717, 1.165) is 12.2 Å². The first kappa shape index (κ1) is 15.6. The molecule has 0 bridgehead atoms. The van der Waals surface area contributed by atoms with Gasteiger partial charge in [-0.25, -0.2) is 4.68 Å². The Morgan fingerprint density at radius 1 is 1.42 bits per heavy atom. The summed E-state index contributed by atoms with van der Waals surface area (Å²) in [5.74, 6) is -0.256. The zero-order valence-corrected chi connectivity index (χ0v) is 12.4. The van der Waals surface area contributed by atoms with Crippen LogP contribution in [-0.2, 0) is 11.3 Å². The molecular weight excluding hydrogens is 244 g/mol. The lowest BCUT2D eigenvalue weighted by atomic mass is 9.84. The molecule has 0 saturated carbocycles. The first-order valence-electron chi connectivity index (χ1n) is 6.73. The van der Waals surface area contributed by atoms with Crippen molar-refractivity contribution >= 4 is 5.97 Å². The fourth-order valence-electron chi connectivity index (χ4n) is 2.06. The highest BCUT2D eigenvalue weighted by Crippen LogP contribution is 2.26. The second-order valence-corrected chi connectivity index (χ2v) is 6.33. The maximum atomic E-state index is 11.4. The second kappa shape index (κ2) is 6.12. The van der Waals surface area contributed by atoms with Crippen LogP contribution in [0, 0.1) is 11.3 Å². The first-order chi connectivity index (χ1) is 8.74. The SMILES string of the molecule is CCC(C)c1nnnn1CC(CC(C)(C)C)C(=O)O. The van der Waals surface area contributed by atoms with Gasteiger partial charge < -0.3 is 5.11 Å². The molecule has 0 aliphatic rings. The summed E-state index contributed by atoms with van der Waals surface area (Å²) in [6, 6.07) is 0. The number of aromatic nitrogens is 4. The van der Waals surface area contributed by atoms with Gasteiger partial charge in [0, 0.05) is 5.92 Å². The zero-order chi connectivity index (χ0) is 14.6. The number of nitrogens with zero attached hydrogens (tertiary/aromatic N) is 4. The third kappa shape index (κ3) is 4.61. The number of carboxylic acids is 1. The predicted molar refractivity (Wildman–Crippen MR) is 71.7 cm³/mol. The fourth-order valence-corrected chi connectivity index (χ4v) is 2.06. The number of carbonyl (C=O) groups is 1. The fraction of sp³-hybridized carbons (Fsp3) is 0.846. The number of rotatable bonds is 6. The van der Waals surface area contributed by atoms with Crippen LogP contribution in [0.4, 0.5) is 0 Å². The van der Waals surface area contributed by atoms with Crippen LogP contribution >= 0.6 is 0 Å². The summed E-state index contributed by atoms with van der Waals surface area (Å²) in [4.78, 5) is 11.4. The van der Waals surface area contributed by atoms with E-state index in [-0.39, 0.29) is 11.3 Å². The summed E-state index contributed by atoms with van der Waals surface area (Å²) in [6.45, 7) is 10.6. The molecule has 0 radical (unpaired) electrons. The van der Waals surface area contributed by atoms with Crippen LogP contribution in [-0.4, -0.2) is 31.3 Å². The van der Waals surface area contributed by atoms with Crippen molar-refractivity contribution in [1.29, 1.82) is 0 Å². The standard InChI is InChI=1S/C13H24N4O2/c1-6-9(2)11-14-15-16-17(11)8-10(12(18)19)7-13(3,4)5/h9-10H,6-8H2,1-5H3,(H,18,19). The maximum absolute atomic E-state index is 11.4. The minimum Gasteiger partial charge on any atom is -0.481 e. The average Bonchev–Trinajstić information content (AvgIpc) is 2.73. The van der Waals surface area contributed by atoms with Gasteiger partial charge in [0.15, 0.2) is 5.82 Å². The summed E-state index contributed by atoms with van der Waals surface area (Å²) in [5.41, 5.74) is -0.0341. The normalized spacial score (nSPS) is 15.2. The van der Waals surface area contributed by atoms with Gasteiger partial charge in [0.05, 0.1) is 12.5 Å². The first-order valence-corrected chi connectivity index (χ1v) is 6.73. The largest absolute Gasteiger partial charge is 0.481 e. The molecule has 1 rings (SSSR count). The second-order valence-electron chi connectivity index (χ2n) is 6.33. The van der Waals surface area contributed by atoms with E-state index in [0.29, 0.717) is 13.0 Å². The lowest BCUT2D eigenvalue weighted by Gasteiger charge is -2.23. The van der Waals surface area contributed by atoms with E-state index in [1.54, 1.807) is 4.68 Å². The average molecular weight is 268 g/mol. The topological polar surface area (TPSA) is 80.9 Å². The number of aliphatic carboxylic acids is 1. The summed E-state index contributed by atoms with van der Waals surface area (Å²) in [7, 11) is 0. The van der Waals surface area contributed by atoms with Gasteiger partial charge in [0.25, 0.3) is 0 Å². The van der Waals surface area contributed by atoms with Crippen LogP contribution in [0.3, 0.4) is 0 Å². The Labute approximate surface area is 114 Å². The van der Waals surface area contributed by atoms with Crippen molar-refractivity contribution in [3.05, 3.63) is 5.82 Å². The van der Waals surface area contributed by atoms with Crippen molar-refractivity contribution in [1.82, 2.24) is 20.2 Å². The zero-order valence-electron chi connectivity index (χ0n) is 12.4. The maximum Gasteiger partial charge on any atom is 0.308 e. The van der Waals surface area contributed by atoms with Gasteiger partial charge in [-0.05, 0) is 28.7 Å². The molecule has 0 aliphatic heterocycles. The molecule has 2 atom stereocenters. The van der Waals surface area contributed by atoms with Gasteiger partial charge in [-0.2, -0.15) is 0 Å². The van der Waals surface area contributed by atoms with Gasteiger partial charge in [-0.15, -0.1) is 5.10 Å². The van der Waals surface area contributed by atoms with Gasteiger partial charge in [-0.3, -0.25) is 4.79 Å². The lowest BCUT2D eigenvalue weighted by molar-refractivity contribution is -0.143. The minimum atomic E-state index is -0.791. The Kier molecular flexibility index (Phi) is 5.03. The molecule has 19 heavy (non-hydrogen) atoms. The van der Waals surface area contributed by atoms with E-state index in [1.165, 1.54) is 0 Å². The van der Waals surface area contributed by atoms with Crippen LogP contribution < -0.4 is 0 Å². The molecule has 1 N–H and O–H groups in total. The third-order valence-corrected chi connectivity index (χ3v) is 3.21. The molecular formula is C13H24N4O2. The Bertz CT molecular complexity index is 423. The highest BCUT2D eigenvalue weighted by Gasteiger charge is 2.27. The van der Waals surface area contributed by atoms with Crippen LogP contribution in [0.2, 0.25) is 0 Å². The van der Waals surface area contributed by atoms with Gasteiger partial charge in [0.1, 0.15) is 0 Å². The molecule has 0 saturated heterocycles. The van der Waals surface area contributed by atoms with E-state index in [4.69, 9.17) is 0 Å². The predicted octanol–water partition coefficient (Wildman–Crippen LogP) is 2.32. The number of carboxylic acid groups (broad SMARTS) is 1. The molecule has 2 unspecified atom stereocenters. The Morgan fingerprint density at radius 3 is 2.53 bits per heavy atom. The Hall–Kier alpha value is -1.46. The molecule has 0 spiro atoms. The summed E-state index contributed by atoms with van der Waals surface area (Å²) in [6.07, 6.45) is 1.53. The highest BCUT2D eigenvalue weighted by atomic mass is 16.4. The van der Waals surface area contributed by atoms with Crippen LogP contribution in [0.5, 0.6) is 0 Å². The summed E-state index contributed by atoms with van der Waals surface area (Å²) >= 11 is 0. The molecule has 1 aromatic rings. The van der Waals surface area contributed by atoms with Gasteiger partial charge >= 0.3 is 5.97 Å². The molecule has 0 fully saturated rings. The van der Waals surface area contributed by atoms with Crippen molar-refractivity contribution in [3.63, 3.8) is 0 Å². The van der Waals surface area contributed by atoms with E-state index < -0.39 is 11.9 Å².